The lowest BCUT2D eigenvalue weighted by molar-refractivity contribution is -0.148. The van der Waals surface area contributed by atoms with E-state index in [-0.39, 0.29) is 29.9 Å². The normalized spacial score (nSPS) is 22.7. The van der Waals surface area contributed by atoms with Gasteiger partial charge in [0.15, 0.2) is 0 Å². The van der Waals surface area contributed by atoms with E-state index in [9.17, 15) is 14.4 Å². The molecular formula is C29H44N2O6. The van der Waals surface area contributed by atoms with Crippen LogP contribution in [0.5, 0.6) is 0 Å². The van der Waals surface area contributed by atoms with Gasteiger partial charge in [-0.15, -0.1) is 0 Å². The molecule has 1 fully saturated rings. The summed E-state index contributed by atoms with van der Waals surface area (Å²) in [6.45, 7) is 6.75. The molecule has 0 saturated carbocycles. The van der Waals surface area contributed by atoms with Crippen LogP contribution in [0, 0.1) is 11.8 Å². The maximum Gasteiger partial charge on any atom is 0.329 e. The highest BCUT2D eigenvalue weighted by Gasteiger charge is 2.43. The molecule has 0 radical (unpaired) electrons. The Morgan fingerprint density at radius 1 is 1.11 bits per heavy atom. The molecule has 206 valence electrons. The monoisotopic (exact) mass is 516 g/mol. The number of rotatable bonds is 13. The Hall–Kier alpha value is -2.45. The number of methoxy groups -OCH3 is 3. The SMILES string of the molecule is CCC(C)CC(CC(=O)N1CCC[C@H]1[C@H](OC)[C@@H](C)C(=O)N[C@H](C(=O)OC)[C@H]1Cc2ccccc21)OC. The van der Waals surface area contributed by atoms with Crippen LogP contribution in [0.4, 0.5) is 0 Å². The highest BCUT2D eigenvalue weighted by Crippen LogP contribution is 2.38. The second-order valence-corrected chi connectivity index (χ2v) is 10.6. The van der Waals surface area contributed by atoms with Crippen LogP contribution in [0.25, 0.3) is 0 Å². The van der Waals surface area contributed by atoms with Gasteiger partial charge in [-0.1, -0.05) is 51.5 Å². The number of fused-ring (bicyclic) bond motifs is 1. The number of benzene rings is 1. The van der Waals surface area contributed by atoms with E-state index in [0.29, 0.717) is 25.3 Å². The van der Waals surface area contributed by atoms with Crippen LogP contribution in [-0.2, 0) is 35.0 Å². The van der Waals surface area contributed by atoms with Crippen LogP contribution >= 0.6 is 0 Å². The number of carbonyl (C=O) groups is 3. The quantitative estimate of drug-likeness (QED) is 0.404. The summed E-state index contributed by atoms with van der Waals surface area (Å²) in [5, 5.41) is 2.95. The van der Waals surface area contributed by atoms with Crippen molar-refractivity contribution >= 4 is 17.8 Å². The Morgan fingerprint density at radius 3 is 2.46 bits per heavy atom. The highest BCUT2D eigenvalue weighted by atomic mass is 16.5. The minimum Gasteiger partial charge on any atom is -0.467 e. The van der Waals surface area contributed by atoms with Gasteiger partial charge in [0.2, 0.25) is 11.8 Å². The fraction of sp³-hybridized carbons (Fsp3) is 0.690. The first-order valence-corrected chi connectivity index (χ1v) is 13.6. The van der Waals surface area contributed by atoms with Crippen LogP contribution in [-0.4, -0.2) is 74.8 Å². The fourth-order valence-corrected chi connectivity index (χ4v) is 5.81. The summed E-state index contributed by atoms with van der Waals surface area (Å²) >= 11 is 0. The molecule has 8 heteroatoms. The largest absolute Gasteiger partial charge is 0.467 e. The smallest absolute Gasteiger partial charge is 0.329 e. The van der Waals surface area contributed by atoms with Gasteiger partial charge in [-0.2, -0.15) is 0 Å². The lowest BCUT2D eigenvalue weighted by Crippen LogP contribution is -2.54. The molecule has 2 aliphatic rings. The van der Waals surface area contributed by atoms with Crippen molar-refractivity contribution in [2.45, 2.75) is 89.5 Å². The number of ether oxygens (including phenoxy) is 3. The predicted octanol–water partition coefficient (Wildman–Crippen LogP) is 3.47. The molecule has 8 nitrogen and oxygen atoms in total. The Balaban J connectivity index is 1.68. The molecule has 1 saturated heterocycles. The van der Waals surface area contributed by atoms with E-state index in [1.807, 2.05) is 29.2 Å². The van der Waals surface area contributed by atoms with Crippen molar-refractivity contribution in [3.63, 3.8) is 0 Å². The van der Waals surface area contributed by atoms with Crippen LogP contribution in [0.1, 0.15) is 69.9 Å². The van der Waals surface area contributed by atoms with Crippen molar-refractivity contribution in [2.24, 2.45) is 11.8 Å². The maximum absolute atomic E-state index is 13.4. The van der Waals surface area contributed by atoms with Crippen LogP contribution < -0.4 is 5.32 Å². The number of hydrogen-bond donors (Lipinski definition) is 1. The van der Waals surface area contributed by atoms with Gasteiger partial charge in [-0.3, -0.25) is 9.59 Å². The van der Waals surface area contributed by atoms with Crippen molar-refractivity contribution in [3.05, 3.63) is 35.4 Å². The van der Waals surface area contributed by atoms with Gasteiger partial charge >= 0.3 is 5.97 Å². The molecule has 0 aromatic heterocycles. The molecule has 1 aliphatic heterocycles. The molecule has 0 bridgehead atoms. The van der Waals surface area contributed by atoms with E-state index in [1.54, 1.807) is 21.1 Å². The van der Waals surface area contributed by atoms with E-state index in [4.69, 9.17) is 14.2 Å². The van der Waals surface area contributed by atoms with Gasteiger partial charge in [-0.05, 0) is 42.7 Å². The molecule has 1 aromatic rings. The number of nitrogens with one attached hydrogen (secondary N) is 1. The van der Waals surface area contributed by atoms with Crippen molar-refractivity contribution in [3.8, 4) is 0 Å². The summed E-state index contributed by atoms with van der Waals surface area (Å²) in [6.07, 6.45) is 3.91. The molecule has 2 unspecified atom stereocenters. The minimum atomic E-state index is -0.767. The first-order chi connectivity index (χ1) is 17.7. The summed E-state index contributed by atoms with van der Waals surface area (Å²) in [5.74, 6) is -0.916. The average molecular weight is 517 g/mol. The van der Waals surface area contributed by atoms with Crippen molar-refractivity contribution < 1.29 is 28.6 Å². The summed E-state index contributed by atoms with van der Waals surface area (Å²) < 4.78 is 16.5. The van der Waals surface area contributed by atoms with Gasteiger partial charge in [-0.25, -0.2) is 4.79 Å². The third-order valence-electron chi connectivity index (χ3n) is 8.32. The van der Waals surface area contributed by atoms with Gasteiger partial charge in [0.1, 0.15) is 6.04 Å². The number of carbonyl (C=O) groups excluding carboxylic acids is 3. The zero-order valence-electron chi connectivity index (χ0n) is 23.2. The van der Waals surface area contributed by atoms with Crippen LogP contribution in [0.2, 0.25) is 0 Å². The minimum absolute atomic E-state index is 0.0332. The van der Waals surface area contributed by atoms with Crippen LogP contribution in [0.15, 0.2) is 24.3 Å². The Bertz CT molecular complexity index is 937. The van der Waals surface area contributed by atoms with E-state index in [0.717, 1.165) is 31.2 Å². The molecule has 1 aliphatic carbocycles. The van der Waals surface area contributed by atoms with Crippen molar-refractivity contribution in [1.29, 1.82) is 0 Å². The van der Waals surface area contributed by atoms with Crippen molar-refractivity contribution in [1.82, 2.24) is 10.2 Å². The van der Waals surface area contributed by atoms with Crippen molar-refractivity contribution in [2.75, 3.05) is 27.9 Å². The van der Waals surface area contributed by atoms with Gasteiger partial charge < -0.3 is 24.4 Å². The molecule has 2 amide bonds. The van der Waals surface area contributed by atoms with E-state index in [1.165, 1.54) is 12.7 Å². The lowest BCUT2D eigenvalue weighted by Gasteiger charge is -2.37. The molecule has 0 spiro atoms. The molecule has 37 heavy (non-hydrogen) atoms. The second kappa shape index (κ2) is 13.4. The zero-order valence-corrected chi connectivity index (χ0v) is 23.2. The standard InChI is InChI=1S/C29H44N2O6/c1-7-18(2)15-21(35-4)17-25(32)31-14-10-13-24(31)27(36-5)19(3)28(33)30-26(29(34)37-6)23-16-20-11-8-9-12-22(20)23/h8-9,11-12,18-19,21,23-24,26-27H,7,10,13-17H2,1-6H3,(H,30,33)/t18?,19-,21?,23+,24+,26+,27-/m1/s1. The summed E-state index contributed by atoms with van der Waals surface area (Å²) in [7, 11) is 4.57. The van der Waals surface area contributed by atoms with E-state index in [2.05, 4.69) is 19.2 Å². The summed E-state index contributed by atoms with van der Waals surface area (Å²) in [5.41, 5.74) is 2.24. The van der Waals surface area contributed by atoms with Crippen LogP contribution in [0.3, 0.4) is 0 Å². The zero-order chi connectivity index (χ0) is 27.1. The molecule has 1 heterocycles. The van der Waals surface area contributed by atoms with E-state index < -0.39 is 24.0 Å². The number of likely N-dealkylation sites (tertiary alicyclic amines) is 1. The summed E-state index contributed by atoms with van der Waals surface area (Å²) in [6, 6.07) is 6.96. The number of nitrogens with zero attached hydrogens (tertiary/aromatic N) is 1. The molecule has 1 aromatic carbocycles. The molecular weight excluding hydrogens is 472 g/mol. The maximum atomic E-state index is 13.4. The predicted molar refractivity (Wildman–Crippen MR) is 141 cm³/mol. The average Bonchev–Trinajstić information content (AvgIpc) is 3.37. The molecule has 1 N–H and O–H groups in total. The lowest BCUT2D eigenvalue weighted by atomic mass is 9.73. The Morgan fingerprint density at radius 2 is 1.84 bits per heavy atom. The summed E-state index contributed by atoms with van der Waals surface area (Å²) in [4.78, 5) is 41.2. The Kier molecular flexibility index (Phi) is 10.5. The number of esters is 1. The third-order valence-corrected chi connectivity index (χ3v) is 8.32. The van der Waals surface area contributed by atoms with Gasteiger partial charge in [0, 0.05) is 26.7 Å². The topological polar surface area (TPSA) is 94.2 Å². The first kappa shape index (κ1) is 29.1. The second-order valence-electron chi connectivity index (χ2n) is 10.6. The first-order valence-electron chi connectivity index (χ1n) is 13.6. The molecule has 7 atom stereocenters. The highest BCUT2D eigenvalue weighted by molar-refractivity contribution is 5.87. The number of amides is 2. The third kappa shape index (κ3) is 6.71. The fourth-order valence-electron chi connectivity index (χ4n) is 5.81. The van der Waals surface area contributed by atoms with E-state index >= 15 is 0 Å². The van der Waals surface area contributed by atoms with Gasteiger partial charge in [0.05, 0.1) is 37.7 Å². The van der Waals surface area contributed by atoms with Gasteiger partial charge in [0.25, 0.3) is 0 Å². The number of hydrogen-bond acceptors (Lipinski definition) is 6. The molecule has 3 rings (SSSR count). The Labute approximate surface area is 221 Å².